The maximum Gasteiger partial charge on any atom is 0.240 e. The Labute approximate surface area is 169 Å². The van der Waals surface area contributed by atoms with Crippen LogP contribution in [0.5, 0.6) is 0 Å². The lowest BCUT2D eigenvalue weighted by Gasteiger charge is -2.36. The van der Waals surface area contributed by atoms with Crippen LogP contribution in [-0.4, -0.2) is 26.9 Å². The quantitative estimate of drug-likeness (QED) is 0.756. The topological polar surface area (TPSA) is 75.3 Å². The number of sulfonamides is 1. The van der Waals surface area contributed by atoms with Crippen LogP contribution in [0.3, 0.4) is 0 Å². The molecule has 28 heavy (non-hydrogen) atoms. The molecule has 2 saturated carbocycles. The van der Waals surface area contributed by atoms with Crippen LogP contribution in [0, 0.1) is 23.7 Å². The van der Waals surface area contributed by atoms with Crippen LogP contribution in [0.2, 0.25) is 0 Å². The third-order valence-corrected chi connectivity index (χ3v) is 8.31. The highest BCUT2D eigenvalue weighted by Crippen LogP contribution is 2.32. The van der Waals surface area contributed by atoms with Gasteiger partial charge in [0.2, 0.25) is 15.9 Å². The second-order valence-corrected chi connectivity index (χ2v) is 10.5. The Morgan fingerprint density at radius 3 is 2.36 bits per heavy atom. The van der Waals surface area contributed by atoms with Crippen molar-refractivity contribution >= 4 is 15.9 Å². The molecule has 2 aliphatic carbocycles. The van der Waals surface area contributed by atoms with Gasteiger partial charge >= 0.3 is 0 Å². The number of rotatable bonds is 6. The summed E-state index contributed by atoms with van der Waals surface area (Å²) in [7, 11) is -3.45. The Bertz CT molecular complexity index is 742. The summed E-state index contributed by atoms with van der Waals surface area (Å²) in [5.74, 6) is 1.80. The Hall–Kier alpha value is -1.40. The van der Waals surface area contributed by atoms with Crippen molar-refractivity contribution in [2.45, 2.75) is 69.7 Å². The Morgan fingerprint density at radius 1 is 1.00 bits per heavy atom. The third-order valence-electron chi connectivity index (χ3n) is 6.87. The molecule has 1 aromatic rings. The van der Waals surface area contributed by atoms with Crippen LogP contribution in [0.15, 0.2) is 35.2 Å². The zero-order valence-electron chi connectivity index (χ0n) is 17.1. The second-order valence-electron chi connectivity index (χ2n) is 8.76. The van der Waals surface area contributed by atoms with Gasteiger partial charge in [0.15, 0.2) is 0 Å². The number of hydrogen-bond acceptors (Lipinski definition) is 3. The van der Waals surface area contributed by atoms with Crippen molar-refractivity contribution in [3.63, 3.8) is 0 Å². The monoisotopic (exact) mass is 406 g/mol. The second kappa shape index (κ2) is 9.40. The average molecular weight is 407 g/mol. The van der Waals surface area contributed by atoms with E-state index in [4.69, 9.17) is 0 Å². The zero-order chi connectivity index (χ0) is 20.1. The molecular weight excluding hydrogens is 372 g/mol. The summed E-state index contributed by atoms with van der Waals surface area (Å²) in [6.07, 6.45) is 7.04. The molecule has 6 heteroatoms. The molecule has 156 valence electrons. The van der Waals surface area contributed by atoms with Crippen LogP contribution in [-0.2, 0) is 14.8 Å². The number of nitrogens with one attached hydrogen (secondary N) is 2. The van der Waals surface area contributed by atoms with Gasteiger partial charge in [-0.1, -0.05) is 44.9 Å². The highest BCUT2D eigenvalue weighted by atomic mass is 32.2. The maximum atomic E-state index is 12.7. The van der Waals surface area contributed by atoms with Crippen molar-refractivity contribution in [2.24, 2.45) is 23.7 Å². The molecule has 0 aromatic heterocycles. The van der Waals surface area contributed by atoms with E-state index >= 15 is 0 Å². The lowest BCUT2D eigenvalue weighted by Crippen LogP contribution is -2.46. The summed E-state index contributed by atoms with van der Waals surface area (Å²) in [5, 5.41) is 3.31. The molecule has 0 aliphatic heterocycles. The number of benzene rings is 1. The van der Waals surface area contributed by atoms with Gasteiger partial charge in [-0.3, -0.25) is 4.79 Å². The summed E-state index contributed by atoms with van der Waals surface area (Å²) in [4.78, 5) is 13.0. The summed E-state index contributed by atoms with van der Waals surface area (Å²) < 4.78 is 27.4. The first-order valence-electron chi connectivity index (χ1n) is 10.7. The molecule has 0 saturated heterocycles. The number of carbonyl (C=O) groups is 1. The third kappa shape index (κ3) is 5.35. The van der Waals surface area contributed by atoms with Crippen molar-refractivity contribution in [3.8, 4) is 0 Å². The molecule has 0 radical (unpaired) electrons. The minimum Gasteiger partial charge on any atom is -0.353 e. The van der Waals surface area contributed by atoms with Gasteiger partial charge in [0.25, 0.3) is 0 Å². The van der Waals surface area contributed by atoms with E-state index in [1.165, 1.54) is 12.8 Å². The fourth-order valence-electron chi connectivity index (χ4n) is 4.63. The van der Waals surface area contributed by atoms with Crippen molar-refractivity contribution < 1.29 is 13.2 Å². The predicted molar refractivity (Wildman–Crippen MR) is 111 cm³/mol. The smallest absolute Gasteiger partial charge is 0.240 e. The normalized spacial score (nSPS) is 31.3. The Morgan fingerprint density at radius 2 is 1.68 bits per heavy atom. The summed E-state index contributed by atoms with van der Waals surface area (Å²) in [6.45, 7) is 4.98. The Kier molecular flexibility index (Phi) is 7.15. The number of amides is 1. The van der Waals surface area contributed by atoms with Crippen LogP contribution < -0.4 is 10.0 Å². The molecule has 1 aromatic carbocycles. The molecule has 0 spiro atoms. The number of hydrogen-bond donors (Lipinski definition) is 2. The summed E-state index contributed by atoms with van der Waals surface area (Å²) in [6, 6.07) is 8.79. The van der Waals surface area contributed by atoms with Crippen LogP contribution >= 0.6 is 0 Å². The van der Waals surface area contributed by atoms with E-state index in [-0.39, 0.29) is 11.8 Å². The van der Waals surface area contributed by atoms with Crippen molar-refractivity contribution in [1.82, 2.24) is 10.0 Å². The molecule has 5 nitrogen and oxygen atoms in total. The Balaban J connectivity index is 1.43. The summed E-state index contributed by atoms with van der Waals surface area (Å²) >= 11 is 0. The summed E-state index contributed by atoms with van der Waals surface area (Å²) in [5.41, 5.74) is 0. The van der Waals surface area contributed by atoms with E-state index in [9.17, 15) is 13.2 Å². The lowest BCUT2D eigenvalue weighted by molar-refractivity contribution is -0.127. The molecule has 3 atom stereocenters. The van der Waals surface area contributed by atoms with E-state index in [1.807, 2.05) is 0 Å². The van der Waals surface area contributed by atoms with E-state index in [1.54, 1.807) is 30.3 Å². The molecule has 2 aliphatic rings. The zero-order valence-corrected chi connectivity index (χ0v) is 17.9. The molecule has 0 unspecified atom stereocenters. The molecule has 3 rings (SSSR count). The minimum atomic E-state index is -3.45. The highest BCUT2D eigenvalue weighted by Gasteiger charge is 2.32. The highest BCUT2D eigenvalue weighted by molar-refractivity contribution is 7.89. The first kappa shape index (κ1) is 21.3. The van der Waals surface area contributed by atoms with Gasteiger partial charge < -0.3 is 5.32 Å². The largest absolute Gasteiger partial charge is 0.353 e. The van der Waals surface area contributed by atoms with Gasteiger partial charge in [-0.05, 0) is 62.0 Å². The standard InChI is InChI=1S/C22H34N2O3S/c1-16-7-6-10-21(17(16)2)24-22(25)19-13-11-18(12-14-19)15-23-28(26,27)20-8-4-3-5-9-20/h3-5,8-9,16-19,21,23H,6-7,10-15H2,1-2H3,(H,24,25)/t16-,17-,18?,19?,21+/m1/s1. The van der Waals surface area contributed by atoms with Crippen LogP contribution in [0.4, 0.5) is 0 Å². The molecular formula is C22H34N2O3S. The van der Waals surface area contributed by atoms with Gasteiger partial charge in [-0.2, -0.15) is 0 Å². The molecule has 0 bridgehead atoms. The first-order chi connectivity index (χ1) is 13.4. The SMILES string of the molecule is C[C@@H]1[C@H](C)CCC[C@@H]1NC(=O)C1CCC(CNS(=O)(=O)c2ccccc2)CC1. The lowest BCUT2D eigenvalue weighted by atomic mass is 9.77. The maximum absolute atomic E-state index is 12.7. The number of carbonyl (C=O) groups excluding carboxylic acids is 1. The van der Waals surface area contributed by atoms with E-state index in [0.29, 0.717) is 35.2 Å². The van der Waals surface area contributed by atoms with E-state index in [2.05, 4.69) is 23.9 Å². The van der Waals surface area contributed by atoms with E-state index in [0.717, 1.165) is 32.1 Å². The van der Waals surface area contributed by atoms with Crippen molar-refractivity contribution in [2.75, 3.05) is 6.54 Å². The molecule has 2 N–H and O–H groups in total. The van der Waals surface area contributed by atoms with Crippen LogP contribution in [0.25, 0.3) is 0 Å². The predicted octanol–water partition coefficient (Wildman–Crippen LogP) is 3.71. The first-order valence-corrected chi connectivity index (χ1v) is 12.2. The van der Waals surface area contributed by atoms with Gasteiger partial charge in [0, 0.05) is 18.5 Å². The van der Waals surface area contributed by atoms with Gasteiger partial charge in [-0.15, -0.1) is 0 Å². The van der Waals surface area contributed by atoms with Crippen LogP contribution in [0.1, 0.15) is 58.8 Å². The van der Waals surface area contributed by atoms with Gasteiger partial charge in [0.05, 0.1) is 4.90 Å². The average Bonchev–Trinajstić information content (AvgIpc) is 2.71. The fourth-order valence-corrected chi connectivity index (χ4v) is 5.76. The molecule has 2 fully saturated rings. The van der Waals surface area contributed by atoms with Crippen molar-refractivity contribution in [3.05, 3.63) is 30.3 Å². The van der Waals surface area contributed by atoms with E-state index < -0.39 is 10.0 Å². The fraction of sp³-hybridized carbons (Fsp3) is 0.682. The van der Waals surface area contributed by atoms with Crippen molar-refractivity contribution in [1.29, 1.82) is 0 Å². The van der Waals surface area contributed by atoms with Gasteiger partial charge in [0.1, 0.15) is 0 Å². The minimum absolute atomic E-state index is 0.0754. The van der Waals surface area contributed by atoms with Gasteiger partial charge in [-0.25, -0.2) is 13.1 Å². The molecule has 0 heterocycles. The molecule has 1 amide bonds.